The standard InChI is InChI=1S/C29H32N2O6/c1-5-31-23-12-10-9-11-21(23)22-17-20(13-14-24(22)31)30-27(32)18-37-29(33)19-15-25(34-6-2)28(36-8-4)26(16-19)35-7-3/h9-17H,5-8,18H2,1-4H3,(H,30,32). The van der Waals surface area contributed by atoms with Crippen LogP contribution in [-0.4, -0.2) is 42.9 Å². The number of amides is 1. The Morgan fingerprint density at radius 1 is 0.784 bits per heavy atom. The number of hydrogen-bond acceptors (Lipinski definition) is 6. The molecule has 0 radical (unpaired) electrons. The Kier molecular flexibility index (Phi) is 8.18. The third-order valence-electron chi connectivity index (χ3n) is 5.85. The third-order valence-corrected chi connectivity index (χ3v) is 5.85. The number of nitrogens with zero attached hydrogens (tertiary/aromatic N) is 1. The normalized spacial score (nSPS) is 10.9. The van der Waals surface area contributed by atoms with Crippen LogP contribution in [0.1, 0.15) is 38.1 Å². The summed E-state index contributed by atoms with van der Waals surface area (Å²) in [5.41, 5.74) is 3.08. The van der Waals surface area contributed by atoms with E-state index in [0.717, 1.165) is 28.4 Å². The largest absolute Gasteiger partial charge is 0.490 e. The summed E-state index contributed by atoms with van der Waals surface area (Å²) in [4.78, 5) is 25.4. The minimum Gasteiger partial charge on any atom is -0.490 e. The van der Waals surface area contributed by atoms with Crippen LogP contribution < -0.4 is 19.5 Å². The molecule has 1 aromatic heterocycles. The zero-order chi connectivity index (χ0) is 26.4. The Hall–Kier alpha value is -4.20. The fourth-order valence-corrected chi connectivity index (χ4v) is 4.39. The highest BCUT2D eigenvalue weighted by Gasteiger charge is 2.20. The number of esters is 1. The predicted octanol–water partition coefficient (Wildman–Crippen LogP) is 5.81. The highest BCUT2D eigenvalue weighted by molar-refractivity contribution is 6.10. The molecular formula is C29H32N2O6. The lowest BCUT2D eigenvalue weighted by molar-refractivity contribution is -0.119. The van der Waals surface area contributed by atoms with E-state index >= 15 is 0 Å². The quantitative estimate of drug-likeness (QED) is 0.260. The maximum absolute atomic E-state index is 12.8. The van der Waals surface area contributed by atoms with E-state index in [9.17, 15) is 9.59 Å². The van der Waals surface area contributed by atoms with Crippen LogP contribution in [0.3, 0.4) is 0 Å². The lowest BCUT2D eigenvalue weighted by Crippen LogP contribution is -2.21. The van der Waals surface area contributed by atoms with E-state index in [2.05, 4.69) is 28.9 Å². The molecule has 8 heteroatoms. The fraction of sp³-hybridized carbons (Fsp3) is 0.310. The van der Waals surface area contributed by atoms with Gasteiger partial charge in [0.1, 0.15) is 0 Å². The van der Waals surface area contributed by atoms with E-state index in [1.807, 2.05) is 51.1 Å². The molecule has 1 heterocycles. The van der Waals surface area contributed by atoms with Crippen molar-refractivity contribution in [1.82, 2.24) is 4.57 Å². The molecule has 4 rings (SSSR count). The summed E-state index contributed by atoms with van der Waals surface area (Å²) in [5, 5.41) is 4.99. The first-order chi connectivity index (χ1) is 18.0. The summed E-state index contributed by atoms with van der Waals surface area (Å²) >= 11 is 0. The summed E-state index contributed by atoms with van der Waals surface area (Å²) in [6.07, 6.45) is 0. The predicted molar refractivity (Wildman–Crippen MR) is 144 cm³/mol. The van der Waals surface area contributed by atoms with Gasteiger partial charge in [0, 0.05) is 34.0 Å². The van der Waals surface area contributed by atoms with Crippen LogP contribution in [0.5, 0.6) is 17.2 Å². The molecule has 0 saturated carbocycles. The molecule has 3 aromatic carbocycles. The number of rotatable bonds is 11. The average molecular weight is 505 g/mol. The van der Waals surface area contributed by atoms with E-state index in [0.29, 0.717) is 42.8 Å². The topological polar surface area (TPSA) is 88.0 Å². The van der Waals surface area contributed by atoms with Crippen molar-refractivity contribution in [2.45, 2.75) is 34.2 Å². The molecule has 37 heavy (non-hydrogen) atoms. The molecule has 0 aliphatic rings. The van der Waals surface area contributed by atoms with Gasteiger partial charge in [0.25, 0.3) is 5.91 Å². The average Bonchev–Trinajstić information content (AvgIpc) is 3.22. The molecule has 0 unspecified atom stereocenters. The summed E-state index contributed by atoms with van der Waals surface area (Å²) in [5.74, 6) is 0.0901. The highest BCUT2D eigenvalue weighted by Crippen LogP contribution is 2.39. The Labute approximate surface area is 216 Å². The van der Waals surface area contributed by atoms with Gasteiger partial charge in [-0.15, -0.1) is 0 Å². The van der Waals surface area contributed by atoms with E-state index in [-0.39, 0.29) is 5.56 Å². The number of para-hydroxylation sites is 1. The lowest BCUT2D eigenvalue weighted by atomic mass is 10.1. The Bertz CT molecular complexity index is 1400. The number of carbonyl (C=O) groups excluding carboxylic acids is 2. The zero-order valence-corrected chi connectivity index (χ0v) is 21.6. The van der Waals surface area contributed by atoms with Gasteiger partial charge in [0.2, 0.25) is 5.75 Å². The van der Waals surface area contributed by atoms with Crippen LogP contribution in [0.2, 0.25) is 0 Å². The molecule has 1 N–H and O–H groups in total. The summed E-state index contributed by atoms with van der Waals surface area (Å²) < 4.78 is 24.5. The van der Waals surface area contributed by atoms with Crippen molar-refractivity contribution in [2.75, 3.05) is 31.7 Å². The van der Waals surface area contributed by atoms with Crippen molar-refractivity contribution < 1.29 is 28.5 Å². The zero-order valence-electron chi connectivity index (χ0n) is 21.6. The third kappa shape index (κ3) is 5.48. The van der Waals surface area contributed by atoms with E-state index in [4.69, 9.17) is 18.9 Å². The molecule has 0 fully saturated rings. The maximum atomic E-state index is 12.8. The molecular weight excluding hydrogens is 472 g/mol. The van der Waals surface area contributed by atoms with Crippen molar-refractivity contribution in [1.29, 1.82) is 0 Å². The smallest absolute Gasteiger partial charge is 0.338 e. The minimum absolute atomic E-state index is 0.206. The molecule has 0 spiro atoms. The number of carbonyl (C=O) groups is 2. The number of ether oxygens (including phenoxy) is 4. The van der Waals surface area contributed by atoms with Gasteiger partial charge in [-0.1, -0.05) is 18.2 Å². The fourth-order valence-electron chi connectivity index (χ4n) is 4.39. The van der Waals surface area contributed by atoms with Gasteiger partial charge >= 0.3 is 5.97 Å². The molecule has 0 aliphatic heterocycles. The second kappa shape index (κ2) is 11.7. The maximum Gasteiger partial charge on any atom is 0.338 e. The van der Waals surface area contributed by atoms with Crippen LogP contribution in [0.15, 0.2) is 54.6 Å². The van der Waals surface area contributed by atoms with Crippen molar-refractivity contribution in [3.63, 3.8) is 0 Å². The van der Waals surface area contributed by atoms with Crippen LogP contribution in [0.25, 0.3) is 21.8 Å². The molecule has 1 amide bonds. The van der Waals surface area contributed by atoms with Gasteiger partial charge in [0.15, 0.2) is 18.1 Å². The van der Waals surface area contributed by atoms with Crippen molar-refractivity contribution in [3.8, 4) is 17.2 Å². The van der Waals surface area contributed by atoms with E-state index in [1.54, 1.807) is 0 Å². The second-order valence-corrected chi connectivity index (χ2v) is 8.22. The molecule has 8 nitrogen and oxygen atoms in total. The number of nitrogens with one attached hydrogen (secondary N) is 1. The van der Waals surface area contributed by atoms with Crippen LogP contribution in [-0.2, 0) is 16.1 Å². The minimum atomic E-state index is -0.665. The molecule has 0 atom stereocenters. The molecule has 4 aromatic rings. The monoisotopic (exact) mass is 504 g/mol. The Morgan fingerprint density at radius 3 is 2.08 bits per heavy atom. The molecule has 0 bridgehead atoms. The van der Waals surface area contributed by atoms with Crippen molar-refractivity contribution in [2.24, 2.45) is 0 Å². The van der Waals surface area contributed by atoms with Crippen molar-refractivity contribution >= 4 is 39.4 Å². The molecule has 194 valence electrons. The number of fused-ring (bicyclic) bond motifs is 3. The first-order valence-electron chi connectivity index (χ1n) is 12.5. The first kappa shape index (κ1) is 25.9. The summed E-state index contributed by atoms with van der Waals surface area (Å²) in [6, 6.07) is 17.0. The first-order valence-corrected chi connectivity index (χ1v) is 12.5. The molecule has 0 aliphatic carbocycles. The number of benzene rings is 3. The Balaban J connectivity index is 1.48. The van der Waals surface area contributed by atoms with Gasteiger partial charge in [-0.3, -0.25) is 4.79 Å². The van der Waals surface area contributed by atoms with E-state index in [1.165, 1.54) is 12.1 Å². The van der Waals surface area contributed by atoms with Gasteiger partial charge < -0.3 is 28.8 Å². The second-order valence-electron chi connectivity index (χ2n) is 8.22. The van der Waals surface area contributed by atoms with Crippen LogP contribution in [0, 0.1) is 0 Å². The number of hydrogen-bond donors (Lipinski definition) is 1. The van der Waals surface area contributed by atoms with Crippen LogP contribution >= 0.6 is 0 Å². The summed E-state index contributed by atoms with van der Waals surface area (Å²) in [6.45, 7) is 9.21. The number of aryl methyl sites for hydroxylation is 1. The lowest BCUT2D eigenvalue weighted by Gasteiger charge is -2.16. The highest BCUT2D eigenvalue weighted by atomic mass is 16.5. The van der Waals surface area contributed by atoms with Gasteiger partial charge in [-0.2, -0.15) is 0 Å². The Morgan fingerprint density at radius 2 is 1.43 bits per heavy atom. The number of aromatic nitrogens is 1. The van der Waals surface area contributed by atoms with Crippen molar-refractivity contribution in [3.05, 3.63) is 60.2 Å². The van der Waals surface area contributed by atoms with E-state index < -0.39 is 18.5 Å². The van der Waals surface area contributed by atoms with Crippen LogP contribution in [0.4, 0.5) is 5.69 Å². The van der Waals surface area contributed by atoms with Gasteiger partial charge in [0.05, 0.1) is 25.4 Å². The summed E-state index contributed by atoms with van der Waals surface area (Å²) in [7, 11) is 0. The SMILES string of the molecule is CCOc1cc(C(=O)OCC(=O)Nc2ccc3c(c2)c2ccccc2n3CC)cc(OCC)c1OCC. The molecule has 0 saturated heterocycles. The number of anilines is 1. The van der Waals surface area contributed by atoms with Gasteiger partial charge in [-0.25, -0.2) is 4.79 Å². The van der Waals surface area contributed by atoms with Gasteiger partial charge in [-0.05, 0) is 64.1 Å².